The zero-order chi connectivity index (χ0) is 18.4. The van der Waals surface area contributed by atoms with Crippen LogP contribution in [-0.2, 0) is 16.6 Å². The van der Waals surface area contributed by atoms with Gasteiger partial charge < -0.3 is 10.4 Å². The Kier molecular flexibility index (Phi) is 6.07. The molecule has 0 fully saturated rings. The smallest absolute Gasteiger partial charge is 0.269 e. The number of nitrogens with zero attached hydrogens (tertiary/aromatic N) is 1. The zero-order valence-electron chi connectivity index (χ0n) is 13.5. The van der Waals surface area contributed by atoms with E-state index in [9.17, 15) is 18.5 Å². The van der Waals surface area contributed by atoms with Crippen molar-refractivity contribution in [3.8, 4) is 0 Å². The second kappa shape index (κ2) is 8.06. The Balaban J connectivity index is 2.21. The molecule has 25 heavy (non-hydrogen) atoms. The quantitative estimate of drug-likeness (QED) is 0.485. The first-order valence-electron chi connectivity index (χ1n) is 7.53. The summed E-state index contributed by atoms with van der Waals surface area (Å²) in [4.78, 5) is 10.0. The molecule has 0 radical (unpaired) electrons. The Morgan fingerprint density at radius 3 is 2.40 bits per heavy atom. The molecule has 0 saturated heterocycles. The SMILES string of the molecule is C[C@H](CO)NCc1ccccc1NS(=O)(=O)c1ccc([N+](=O)[O-])cc1. The summed E-state index contributed by atoms with van der Waals surface area (Å²) in [6.07, 6.45) is 0. The van der Waals surface area contributed by atoms with E-state index in [-0.39, 0.29) is 23.2 Å². The molecule has 0 bridgehead atoms. The summed E-state index contributed by atoms with van der Waals surface area (Å²) in [5, 5.41) is 22.8. The highest BCUT2D eigenvalue weighted by atomic mass is 32.2. The van der Waals surface area contributed by atoms with Gasteiger partial charge in [-0.1, -0.05) is 18.2 Å². The predicted octanol–water partition coefficient (Wildman–Crippen LogP) is 1.87. The van der Waals surface area contributed by atoms with Crippen molar-refractivity contribution >= 4 is 21.4 Å². The molecule has 0 unspecified atom stereocenters. The average Bonchev–Trinajstić information content (AvgIpc) is 2.60. The number of hydrogen-bond donors (Lipinski definition) is 3. The largest absolute Gasteiger partial charge is 0.395 e. The van der Waals surface area contributed by atoms with E-state index in [0.717, 1.165) is 12.1 Å². The van der Waals surface area contributed by atoms with Crippen LogP contribution in [0, 0.1) is 10.1 Å². The number of hydrogen-bond acceptors (Lipinski definition) is 6. The molecule has 0 aliphatic rings. The molecule has 0 aliphatic heterocycles. The molecule has 1 atom stereocenters. The molecule has 8 nitrogen and oxygen atoms in total. The number of nitro benzene ring substituents is 1. The van der Waals surface area contributed by atoms with Crippen molar-refractivity contribution in [2.24, 2.45) is 0 Å². The summed E-state index contributed by atoms with van der Waals surface area (Å²) < 4.78 is 27.5. The van der Waals surface area contributed by atoms with E-state index in [1.165, 1.54) is 12.1 Å². The van der Waals surface area contributed by atoms with E-state index in [1.54, 1.807) is 24.3 Å². The third-order valence-electron chi connectivity index (χ3n) is 3.53. The fourth-order valence-electron chi connectivity index (χ4n) is 2.07. The van der Waals surface area contributed by atoms with Crippen molar-refractivity contribution in [3.63, 3.8) is 0 Å². The van der Waals surface area contributed by atoms with Gasteiger partial charge in [0.05, 0.1) is 22.1 Å². The van der Waals surface area contributed by atoms with Crippen LogP contribution in [0.2, 0.25) is 0 Å². The molecule has 2 aromatic carbocycles. The van der Waals surface area contributed by atoms with E-state index in [2.05, 4.69) is 10.0 Å². The molecule has 0 amide bonds. The zero-order valence-corrected chi connectivity index (χ0v) is 14.4. The van der Waals surface area contributed by atoms with Gasteiger partial charge in [-0.3, -0.25) is 14.8 Å². The number of aliphatic hydroxyl groups is 1. The molecule has 0 aromatic heterocycles. The second-order valence-corrected chi connectivity index (χ2v) is 7.16. The standard InChI is InChI=1S/C16H19N3O5S/c1-12(11-20)17-10-13-4-2-3-5-16(13)18-25(23,24)15-8-6-14(7-9-15)19(21)22/h2-9,12,17-18,20H,10-11H2,1H3/t12-/m1/s1. The Bertz CT molecular complexity index is 837. The molecular formula is C16H19N3O5S. The lowest BCUT2D eigenvalue weighted by molar-refractivity contribution is -0.384. The van der Waals surface area contributed by atoms with Crippen LogP contribution in [-0.4, -0.2) is 31.1 Å². The Labute approximate surface area is 145 Å². The molecule has 2 rings (SSSR count). The highest BCUT2D eigenvalue weighted by molar-refractivity contribution is 7.92. The fraction of sp³-hybridized carbons (Fsp3) is 0.250. The molecule has 3 N–H and O–H groups in total. The number of rotatable bonds is 8. The molecule has 0 saturated carbocycles. The molecular weight excluding hydrogens is 346 g/mol. The lowest BCUT2D eigenvalue weighted by Gasteiger charge is -2.15. The van der Waals surface area contributed by atoms with E-state index in [1.807, 2.05) is 6.92 Å². The molecule has 134 valence electrons. The van der Waals surface area contributed by atoms with E-state index in [4.69, 9.17) is 5.11 Å². The summed E-state index contributed by atoms with van der Waals surface area (Å²) in [5.74, 6) is 0. The van der Waals surface area contributed by atoms with E-state index in [0.29, 0.717) is 17.8 Å². The van der Waals surface area contributed by atoms with Crippen molar-refractivity contribution < 1.29 is 18.4 Å². The minimum absolute atomic E-state index is 0.0311. The number of non-ortho nitro benzene ring substituents is 1. The maximum Gasteiger partial charge on any atom is 0.269 e. The van der Waals surface area contributed by atoms with Crippen LogP contribution in [0.5, 0.6) is 0 Å². The van der Waals surface area contributed by atoms with Crippen molar-refractivity contribution in [3.05, 3.63) is 64.2 Å². The fourth-order valence-corrected chi connectivity index (χ4v) is 3.17. The maximum atomic E-state index is 12.5. The summed E-state index contributed by atoms with van der Waals surface area (Å²) in [6, 6.07) is 11.4. The van der Waals surface area contributed by atoms with Gasteiger partial charge in [0.25, 0.3) is 15.7 Å². The maximum absolute atomic E-state index is 12.5. The number of aliphatic hydroxyl groups excluding tert-OH is 1. The third kappa shape index (κ3) is 4.99. The van der Waals surface area contributed by atoms with Gasteiger partial charge in [0, 0.05) is 24.7 Å². The van der Waals surface area contributed by atoms with Crippen molar-refractivity contribution in [1.82, 2.24) is 5.32 Å². The van der Waals surface area contributed by atoms with Crippen LogP contribution < -0.4 is 10.0 Å². The lowest BCUT2D eigenvalue weighted by Crippen LogP contribution is -2.29. The number of nitro groups is 1. The van der Waals surface area contributed by atoms with Gasteiger partial charge in [0.15, 0.2) is 0 Å². The third-order valence-corrected chi connectivity index (χ3v) is 4.92. The first kappa shape index (κ1) is 18.8. The number of nitrogens with one attached hydrogen (secondary N) is 2. The minimum atomic E-state index is -3.87. The van der Waals surface area contributed by atoms with Crippen LogP contribution in [0.25, 0.3) is 0 Å². The first-order valence-corrected chi connectivity index (χ1v) is 9.01. The van der Waals surface area contributed by atoms with Crippen LogP contribution in [0.4, 0.5) is 11.4 Å². The highest BCUT2D eigenvalue weighted by Crippen LogP contribution is 2.22. The van der Waals surface area contributed by atoms with Crippen LogP contribution in [0.15, 0.2) is 53.4 Å². The monoisotopic (exact) mass is 365 g/mol. The summed E-state index contributed by atoms with van der Waals surface area (Å²) in [5.41, 5.74) is 0.938. The van der Waals surface area contributed by atoms with E-state index >= 15 is 0 Å². The van der Waals surface area contributed by atoms with Crippen LogP contribution in [0.3, 0.4) is 0 Å². The van der Waals surface area contributed by atoms with Gasteiger partial charge in [0.2, 0.25) is 0 Å². The number of benzene rings is 2. The van der Waals surface area contributed by atoms with Gasteiger partial charge in [0.1, 0.15) is 0 Å². The highest BCUT2D eigenvalue weighted by Gasteiger charge is 2.17. The van der Waals surface area contributed by atoms with E-state index < -0.39 is 14.9 Å². The molecule has 0 aliphatic carbocycles. The summed E-state index contributed by atoms with van der Waals surface area (Å²) >= 11 is 0. The normalized spacial score (nSPS) is 12.6. The number of anilines is 1. The molecule has 0 spiro atoms. The van der Waals surface area contributed by atoms with Gasteiger partial charge in [-0.25, -0.2) is 8.42 Å². The first-order chi connectivity index (χ1) is 11.8. The van der Waals surface area contributed by atoms with Crippen molar-refractivity contribution in [1.29, 1.82) is 0 Å². The van der Waals surface area contributed by atoms with Crippen LogP contribution >= 0.6 is 0 Å². The van der Waals surface area contributed by atoms with Crippen molar-refractivity contribution in [2.75, 3.05) is 11.3 Å². The van der Waals surface area contributed by atoms with Gasteiger partial charge in [-0.05, 0) is 30.7 Å². The number of sulfonamides is 1. The minimum Gasteiger partial charge on any atom is -0.395 e. The molecule has 0 heterocycles. The van der Waals surface area contributed by atoms with Gasteiger partial charge in [-0.2, -0.15) is 0 Å². The molecule has 9 heteroatoms. The molecule has 2 aromatic rings. The van der Waals surface area contributed by atoms with Crippen LogP contribution in [0.1, 0.15) is 12.5 Å². The average molecular weight is 365 g/mol. The summed E-state index contributed by atoms with van der Waals surface area (Å²) in [7, 11) is -3.87. The number of para-hydroxylation sites is 1. The predicted molar refractivity (Wildman–Crippen MR) is 93.7 cm³/mol. The van der Waals surface area contributed by atoms with Gasteiger partial charge >= 0.3 is 0 Å². The Hall–Kier alpha value is -2.49. The topological polar surface area (TPSA) is 122 Å². The second-order valence-electron chi connectivity index (χ2n) is 5.48. The summed E-state index contributed by atoms with van der Waals surface area (Å²) in [6.45, 7) is 2.15. The van der Waals surface area contributed by atoms with Gasteiger partial charge in [-0.15, -0.1) is 0 Å². The van der Waals surface area contributed by atoms with Crippen molar-refractivity contribution in [2.45, 2.75) is 24.4 Å². The lowest BCUT2D eigenvalue weighted by atomic mass is 10.2. The Morgan fingerprint density at radius 2 is 1.80 bits per heavy atom. The Morgan fingerprint density at radius 1 is 1.16 bits per heavy atom.